The van der Waals surface area contributed by atoms with Crippen molar-refractivity contribution in [1.29, 1.82) is 0 Å². The van der Waals surface area contributed by atoms with Crippen LogP contribution >= 0.6 is 0 Å². The van der Waals surface area contributed by atoms with Crippen LogP contribution < -0.4 is 5.32 Å². The van der Waals surface area contributed by atoms with E-state index in [4.69, 9.17) is 0 Å². The lowest BCUT2D eigenvalue weighted by Crippen LogP contribution is -2.34. The highest BCUT2D eigenvalue weighted by atomic mass is 16.1. The molecule has 0 saturated carbocycles. The van der Waals surface area contributed by atoms with Crippen LogP contribution in [0.25, 0.3) is 10.9 Å². The molecule has 6 heteroatoms. The Morgan fingerprint density at radius 3 is 3.04 bits per heavy atom. The Balaban J connectivity index is 1.60. The first kappa shape index (κ1) is 16.8. The minimum absolute atomic E-state index is 0.0363. The maximum atomic E-state index is 12.0. The van der Waals surface area contributed by atoms with Gasteiger partial charge in [0.1, 0.15) is 5.69 Å². The van der Waals surface area contributed by atoms with E-state index in [2.05, 4.69) is 44.7 Å². The van der Waals surface area contributed by atoms with Crippen molar-refractivity contribution < 1.29 is 4.79 Å². The van der Waals surface area contributed by atoms with Crippen LogP contribution in [0.3, 0.4) is 0 Å². The molecule has 1 aliphatic heterocycles. The number of fused-ring (bicyclic) bond motifs is 1. The van der Waals surface area contributed by atoms with Crippen molar-refractivity contribution in [2.45, 2.75) is 31.8 Å². The highest BCUT2D eigenvalue weighted by Gasteiger charge is 2.27. The van der Waals surface area contributed by atoms with E-state index in [9.17, 15) is 4.79 Å². The lowest BCUT2D eigenvalue weighted by atomic mass is 9.98. The summed E-state index contributed by atoms with van der Waals surface area (Å²) in [4.78, 5) is 14.6. The number of hydrogen-bond donors (Lipinski definition) is 2. The fraction of sp³-hybridized carbons (Fsp3) is 0.400. The molecule has 2 N–H and O–H groups in total. The first-order chi connectivity index (χ1) is 12.7. The van der Waals surface area contributed by atoms with E-state index in [-0.39, 0.29) is 5.91 Å². The molecule has 1 atom stereocenters. The Morgan fingerprint density at radius 2 is 2.19 bits per heavy atom. The average molecular weight is 351 g/mol. The number of amides is 1. The molecule has 1 saturated heterocycles. The minimum Gasteiger partial charge on any atom is -0.354 e. The zero-order valence-electron chi connectivity index (χ0n) is 15.3. The number of aromatic nitrogens is 3. The molecule has 0 bridgehead atoms. The molecule has 0 radical (unpaired) electrons. The highest BCUT2D eigenvalue weighted by Crippen LogP contribution is 2.33. The summed E-state index contributed by atoms with van der Waals surface area (Å²) in [5, 5.41) is 11.0. The second-order valence-corrected chi connectivity index (χ2v) is 7.06. The van der Waals surface area contributed by atoms with Crippen molar-refractivity contribution in [2.24, 2.45) is 7.05 Å². The van der Waals surface area contributed by atoms with E-state index in [1.807, 2.05) is 23.9 Å². The third kappa shape index (κ3) is 3.01. The van der Waals surface area contributed by atoms with Crippen molar-refractivity contribution in [3.63, 3.8) is 0 Å². The van der Waals surface area contributed by atoms with Gasteiger partial charge in [-0.25, -0.2) is 0 Å². The quantitative estimate of drug-likeness (QED) is 0.759. The second-order valence-electron chi connectivity index (χ2n) is 7.06. The average Bonchev–Trinajstić information content (AvgIpc) is 3.28. The molecule has 1 amide bonds. The van der Waals surface area contributed by atoms with Crippen molar-refractivity contribution in [3.05, 3.63) is 53.5 Å². The van der Waals surface area contributed by atoms with E-state index < -0.39 is 0 Å². The number of nitrogens with one attached hydrogen (secondary N) is 2. The topological polar surface area (TPSA) is 66.0 Å². The van der Waals surface area contributed by atoms with E-state index in [1.165, 1.54) is 24.1 Å². The lowest BCUT2D eigenvalue weighted by Gasteiger charge is -2.36. The van der Waals surface area contributed by atoms with Crippen LogP contribution in [0.5, 0.6) is 0 Å². The van der Waals surface area contributed by atoms with Crippen molar-refractivity contribution >= 4 is 16.8 Å². The zero-order valence-corrected chi connectivity index (χ0v) is 15.3. The molecule has 0 spiro atoms. The number of carbonyl (C=O) groups is 1. The summed E-state index contributed by atoms with van der Waals surface area (Å²) >= 11 is 0. The largest absolute Gasteiger partial charge is 0.354 e. The summed E-state index contributed by atoms with van der Waals surface area (Å²) in [6, 6.07) is 10.9. The summed E-state index contributed by atoms with van der Waals surface area (Å²) in [5.41, 5.74) is 4.30. The SMILES string of the molecule is CNC(=O)c1ccc([C@H]2CCCCN2Cc2ccc3cn[nH]c3c2)n1C. The normalized spacial score (nSPS) is 18.3. The van der Waals surface area contributed by atoms with Gasteiger partial charge in [-0.3, -0.25) is 14.8 Å². The highest BCUT2D eigenvalue weighted by molar-refractivity contribution is 5.92. The van der Waals surface area contributed by atoms with Gasteiger partial charge in [0, 0.05) is 31.7 Å². The van der Waals surface area contributed by atoms with Gasteiger partial charge in [0.2, 0.25) is 0 Å². The van der Waals surface area contributed by atoms with Crippen LogP contribution in [0.1, 0.15) is 47.1 Å². The molecule has 2 aromatic heterocycles. The number of aromatic amines is 1. The number of carbonyl (C=O) groups excluding carboxylic acids is 1. The third-order valence-electron chi connectivity index (χ3n) is 5.47. The number of nitrogens with zero attached hydrogens (tertiary/aromatic N) is 3. The molecule has 1 aliphatic rings. The molecule has 1 fully saturated rings. The predicted octanol–water partition coefficient (Wildman–Crippen LogP) is 2.99. The molecule has 6 nitrogen and oxygen atoms in total. The molecule has 4 rings (SSSR count). The maximum Gasteiger partial charge on any atom is 0.267 e. The van der Waals surface area contributed by atoms with Crippen LogP contribution in [0, 0.1) is 0 Å². The lowest BCUT2D eigenvalue weighted by molar-refractivity contribution is 0.0952. The van der Waals surface area contributed by atoms with E-state index in [1.54, 1.807) is 7.05 Å². The Kier molecular flexibility index (Phi) is 4.51. The van der Waals surface area contributed by atoms with Crippen molar-refractivity contribution in [1.82, 2.24) is 25.0 Å². The molecule has 136 valence electrons. The van der Waals surface area contributed by atoms with Crippen LogP contribution in [-0.4, -0.2) is 39.2 Å². The Hall–Kier alpha value is -2.60. The van der Waals surface area contributed by atoms with Crippen molar-refractivity contribution in [2.75, 3.05) is 13.6 Å². The number of hydrogen-bond acceptors (Lipinski definition) is 3. The number of benzene rings is 1. The number of piperidine rings is 1. The third-order valence-corrected chi connectivity index (χ3v) is 5.47. The molecule has 26 heavy (non-hydrogen) atoms. The molecule has 0 unspecified atom stereocenters. The van der Waals surface area contributed by atoms with Gasteiger partial charge in [0.15, 0.2) is 0 Å². The Labute approximate surface area is 153 Å². The van der Waals surface area contributed by atoms with E-state index >= 15 is 0 Å². The summed E-state index contributed by atoms with van der Waals surface area (Å²) in [7, 11) is 3.66. The fourth-order valence-corrected chi connectivity index (χ4v) is 4.05. The Bertz CT molecular complexity index is 925. The minimum atomic E-state index is -0.0363. The standard InChI is InChI=1S/C20H25N5O/c1-21-20(26)19-9-8-17(24(19)2)18-5-3-4-10-25(18)13-14-6-7-15-12-22-23-16(15)11-14/h6-9,11-12,18H,3-5,10,13H2,1-2H3,(H,21,26)(H,22,23)/t18-/m1/s1. The summed E-state index contributed by atoms with van der Waals surface area (Å²) in [6.45, 7) is 1.98. The van der Waals surface area contributed by atoms with Crippen molar-refractivity contribution in [3.8, 4) is 0 Å². The number of rotatable bonds is 4. The number of likely N-dealkylation sites (tertiary alicyclic amines) is 1. The van der Waals surface area contributed by atoms with Crippen LogP contribution in [0.4, 0.5) is 0 Å². The first-order valence-electron chi connectivity index (χ1n) is 9.21. The van der Waals surface area contributed by atoms with Gasteiger partial charge < -0.3 is 9.88 Å². The Morgan fingerprint density at radius 1 is 1.31 bits per heavy atom. The van der Waals surface area contributed by atoms with E-state index in [0.717, 1.165) is 30.4 Å². The molecule has 3 aromatic rings. The van der Waals surface area contributed by atoms with E-state index in [0.29, 0.717) is 11.7 Å². The molecular formula is C20H25N5O. The first-order valence-corrected chi connectivity index (χ1v) is 9.21. The van der Waals surface area contributed by atoms with Gasteiger partial charge >= 0.3 is 0 Å². The monoisotopic (exact) mass is 351 g/mol. The zero-order chi connectivity index (χ0) is 18.1. The van der Waals surface area contributed by atoms with Gasteiger partial charge in [-0.1, -0.05) is 18.6 Å². The van der Waals surface area contributed by atoms with Gasteiger partial charge in [-0.15, -0.1) is 0 Å². The summed E-state index contributed by atoms with van der Waals surface area (Å²) in [6.07, 6.45) is 5.42. The maximum absolute atomic E-state index is 12.0. The molecule has 0 aliphatic carbocycles. The van der Waals surface area contributed by atoms with Gasteiger partial charge in [0.25, 0.3) is 5.91 Å². The van der Waals surface area contributed by atoms with Gasteiger partial charge in [-0.2, -0.15) is 5.10 Å². The van der Waals surface area contributed by atoms with Crippen LogP contribution in [0.15, 0.2) is 36.5 Å². The predicted molar refractivity (Wildman–Crippen MR) is 102 cm³/mol. The van der Waals surface area contributed by atoms with Gasteiger partial charge in [0.05, 0.1) is 17.8 Å². The number of H-pyrrole nitrogens is 1. The summed E-state index contributed by atoms with van der Waals surface area (Å²) in [5.74, 6) is -0.0363. The molecular weight excluding hydrogens is 326 g/mol. The summed E-state index contributed by atoms with van der Waals surface area (Å²) < 4.78 is 2.04. The smallest absolute Gasteiger partial charge is 0.267 e. The molecule has 1 aromatic carbocycles. The fourth-order valence-electron chi connectivity index (χ4n) is 4.05. The van der Waals surface area contributed by atoms with Crippen LogP contribution in [-0.2, 0) is 13.6 Å². The molecule has 3 heterocycles. The van der Waals surface area contributed by atoms with Crippen LogP contribution in [0.2, 0.25) is 0 Å². The second kappa shape index (κ2) is 6.96. The van der Waals surface area contributed by atoms with Gasteiger partial charge in [-0.05, 0) is 43.1 Å².